The number of nitrogens with zero attached hydrogens (tertiary/aromatic N) is 2. The minimum Gasteiger partial charge on any atom is -0.485 e. The molecular formula is C21H28N2O4. The van der Waals surface area contributed by atoms with Crippen LogP contribution in [0.15, 0.2) is 24.3 Å². The molecule has 1 atom stereocenters. The van der Waals surface area contributed by atoms with Crippen LogP contribution in [-0.2, 0) is 9.59 Å². The minimum atomic E-state index is -0.607. The Balaban J connectivity index is 1.24. The molecule has 1 aromatic carbocycles. The number of rotatable bonds is 4. The van der Waals surface area contributed by atoms with Gasteiger partial charge < -0.3 is 19.3 Å². The van der Waals surface area contributed by atoms with Crippen LogP contribution in [-0.4, -0.2) is 60.5 Å². The first-order chi connectivity index (χ1) is 13.2. The van der Waals surface area contributed by atoms with Gasteiger partial charge in [0.15, 0.2) is 11.5 Å². The van der Waals surface area contributed by atoms with Crippen molar-refractivity contribution in [1.82, 2.24) is 9.80 Å². The van der Waals surface area contributed by atoms with Crippen LogP contribution in [0, 0.1) is 5.92 Å². The predicted octanol–water partition coefficient (Wildman–Crippen LogP) is 2.47. The Morgan fingerprint density at radius 3 is 2.37 bits per heavy atom. The van der Waals surface area contributed by atoms with E-state index < -0.39 is 6.10 Å². The highest BCUT2D eigenvalue weighted by molar-refractivity contribution is 5.82. The summed E-state index contributed by atoms with van der Waals surface area (Å²) >= 11 is 0. The van der Waals surface area contributed by atoms with Gasteiger partial charge in [0, 0.05) is 32.6 Å². The summed E-state index contributed by atoms with van der Waals surface area (Å²) in [5.41, 5.74) is 0. The highest BCUT2D eigenvalue weighted by Gasteiger charge is 2.33. The molecule has 0 radical (unpaired) electrons. The van der Waals surface area contributed by atoms with Gasteiger partial charge in [-0.2, -0.15) is 0 Å². The van der Waals surface area contributed by atoms with E-state index in [4.69, 9.17) is 9.47 Å². The zero-order valence-corrected chi connectivity index (χ0v) is 15.8. The summed E-state index contributed by atoms with van der Waals surface area (Å²) in [6.07, 6.45) is 6.25. The Labute approximate surface area is 160 Å². The fourth-order valence-corrected chi connectivity index (χ4v) is 4.31. The summed E-state index contributed by atoms with van der Waals surface area (Å²) in [6.45, 7) is 2.58. The maximum absolute atomic E-state index is 12.8. The lowest BCUT2D eigenvalue weighted by molar-refractivity contribution is -0.146. The minimum absolute atomic E-state index is 0.0532. The third-order valence-electron chi connectivity index (χ3n) is 5.97. The van der Waals surface area contributed by atoms with Crippen LogP contribution in [0.3, 0.4) is 0 Å². The normalized spacial score (nSPS) is 22.7. The third kappa shape index (κ3) is 4.20. The molecule has 27 heavy (non-hydrogen) atoms. The van der Waals surface area contributed by atoms with Crippen LogP contribution in [0.1, 0.15) is 38.5 Å². The van der Waals surface area contributed by atoms with Crippen molar-refractivity contribution in [3.05, 3.63) is 24.3 Å². The Bertz CT molecular complexity index is 679. The summed E-state index contributed by atoms with van der Waals surface area (Å²) in [4.78, 5) is 28.9. The number of carbonyl (C=O) groups is 2. The van der Waals surface area contributed by atoms with E-state index in [0.717, 1.165) is 12.3 Å². The molecule has 1 saturated heterocycles. The van der Waals surface area contributed by atoms with Crippen LogP contribution in [0.4, 0.5) is 0 Å². The standard InChI is InChI=1S/C21H28N2O4/c24-20(10-9-16-5-1-2-6-16)22-11-13-23(14-12-22)21(25)19-15-26-17-7-3-4-8-18(17)27-19/h3-4,7-8,16,19H,1-2,5-6,9-15H2. The van der Waals surface area contributed by atoms with Crippen molar-refractivity contribution in [2.24, 2.45) is 5.92 Å². The van der Waals surface area contributed by atoms with Gasteiger partial charge in [0.05, 0.1) is 0 Å². The topological polar surface area (TPSA) is 59.1 Å². The number of fused-ring (bicyclic) bond motifs is 1. The number of carbonyl (C=O) groups excluding carboxylic acids is 2. The second-order valence-electron chi connectivity index (χ2n) is 7.76. The predicted molar refractivity (Wildman–Crippen MR) is 101 cm³/mol. The second-order valence-corrected chi connectivity index (χ2v) is 7.76. The second kappa shape index (κ2) is 8.19. The Morgan fingerprint density at radius 2 is 1.63 bits per heavy atom. The number of amides is 2. The maximum atomic E-state index is 12.8. The molecule has 1 unspecified atom stereocenters. The van der Waals surface area contributed by atoms with E-state index in [1.807, 2.05) is 29.2 Å². The number of piperazine rings is 1. The molecule has 1 aromatic rings. The molecule has 2 fully saturated rings. The van der Waals surface area contributed by atoms with Gasteiger partial charge in [-0.3, -0.25) is 9.59 Å². The van der Waals surface area contributed by atoms with Gasteiger partial charge in [0.1, 0.15) is 6.61 Å². The fourth-order valence-electron chi connectivity index (χ4n) is 4.31. The van der Waals surface area contributed by atoms with Crippen molar-refractivity contribution in [3.8, 4) is 11.5 Å². The largest absolute Gasteiger partial charge is 0.485 e. The first-order valence-electron chi connectivity index (χ1n) is 10.2. The van der Waals surface area contributed by atoms with E-state index in [-0.39, 0.29) is 18.4 Å². The van der Waals surface area contributed by atoms with E-state index in [2.05, 4.69) is 0 Å². The van der Waals surface area contributed by atoms with E-state index in [1.165, 1.54) is 25.7 Å². The molecule has 2 aliphatic heterocycles. The first-order valence-corrected chi connectivity index (χ1v) is 10.2. The SMILES string of the molecule is O=C(CCC1CCCC1)N1CCN(C(=O)C2COc3ccccc3O2)CC1. The Morgan fingerprint density at radius 1 is 0.963 bits per heavy atom. The van der Waals surface area contributed by atoms with Crippen molar-refractivity contribution in [2.75, 3.05) is 32.8 Å². The van der Waals surface area contributed by atoms with Gasteiger partial charge in [-0.1, -0.05) is 37.8 Å². The van der Waals surface area contributed by atoms with Crippen LogP contribution >= 0.6 is 0 Å². The number of benzene rings is 1. The lowest BCUT2D eigenvalue weighted by Crippen LogP contribution is -2.55. The maximum Gasteiger partial charge on any atom is 0.267 e. The lowest BCUT2D eigenvalue weighted by atomic mass is 10.0. The van der Waals surface area contributed by atoms with Gasteiger partial charge in [-0.15, -0.1) is 0 Å². The quantitative estimate of drug-likeness (QED) is 0.815. The zero-order valence-electron chi connectivity index (χ0n) is 15.8. The number of para-hydroxylation sites is 2. The zero-order chi connectivity index (χ0) is 18.6. The molecule has 1 saturated carbocycles. The third-order valence-corrected chi connectivity index (χ3v) is 5.97. The van der Waals surface area contributed by atoms with Gasteiger partial charge in [-0.25, -0.2) is 0 Å². The number of ether oxygens (including phenoxy) is 2. The summed E-state index contributed by atoms with van der Waals surface area (Å²) < 4.78 is 11.5. The Hall–Kier alpha value is -2.24. The van der Waals surface area contributed by atoms with Crippen LogP contribution in [0.25, 0.3) is 0 Å². The van der Waals surface area contributed by atoms with E-state index in [0.29, 0.717) is 44.1 Å². The summed E-state index contributed by atoms with van der Waals surface area (Å²) in [5, 5.41) is 0. The molecule has 2 heterocycles. The average Bonchev–Trinajstić information content (AvgIpc) is 3.25. The van der Waals surface area contributed by atoms with E-state index in [1.54, 1.807) is 4.90 Å². The van der Waals surface area contributed by atoms with Crippen molar-refractivity contribution in [3.63, 3.8) is 0 Å². The van der Waals surface area contributed by atoms with E-state index >= 15 is 0 Å². The van der Waals surface area contributed by atoms with Crippen molar-refractivity contribution in [1.29, 1.82) is 0 Å². The average molecular weight is 372 g/mol. The van der Waals surface area contributed by atoms with Gasteiger partial charge in [0.25, 0.3) is 5.91 Å². The highest BCUT2D eigenvalue weighted by Crippen LogP contribution is 2.31. The van der Waals surface area contributed by atoms with Gasteiger partial charge in [0.2, 0.25) is 12.0 Å². The molecule has 4 rings (SSSR count). The first kappa shape index (κ1) is 18.1. The van der Waals surface area contributed by atoms with Crippen LogP contribution in [0.5, 0.6) is 11.5 Å². The fraction of sp³-hybridized carbons (Fsp3) is 0.619. The van der Waals surface area contributed by atoms with Gasteiger partial charge >= 0.3 is 0 Å². The highest BCUT2D eigenvalue weighted by atomic mass is 16.6. The number of hydrogen-bond acceptors (Lipinski definition) is 4. The Kier molecular flexibility index (Phi) is 5.50. The summed E-state index contributed by atoms with van der Waals surface area (Å²) in [6, 6.07) is 7.40. The van der Waals surface area contributed by atoms with Crippen molar-refractivity contribution in [2.45, 2.75) is 44.6 Å². The lowest BCUT2D eigenvalue weighted by Gasteiger charge is -2.37. The van der Waals surface area contributed by atoms with Gasteiger partial charge in [-0.05, 0) is 24.5 Å². The molecule has 0 aromatic heterocycles. The van der Waals surface area contributed by atoms with Crippen LogP contribution in [0.2, 0.25) is 0 Å². The summed E-state index contributed by atoms with van der Waals surface area (Å²) in [5.74, 6) is 2.22. The molecule has 0 N–H and O–H groups in total. The number of hydrogen-bond donors (Lipinski definition) is 0. The van der Waals surface area contributed by atoms with E-state index in [9.17, 15) is 9.59 Å². The van der Waals surface area contributed by atoms with Crippen molar-refractivity contribution < 1.29 is 19.1 Å². The molecular weight excluding hydrogens is 344 g/mol. The monoisotopic (exact) mass is 372 g/mol. The molecule has 6 nitrogen and oxygen atoms in total. The molecule has 2 amide bonds. The molecule has 0 spiro atoms. The molecule has 1 aliphatic carbocycles. The molecule has 0 bridgehead atoms. The summed E-state index contributed by atoms with van der Waals surface area (Å²) in [7, 11) is 0. The smallest absolute Gasteiger partial charge is 0.267 e. The molecule has 3 aliphatic rings. The molecule has 146 valence electrons. The van der Waals surface area contributed by atoms with Crippen LogP contribution < -0.4 is 9.47 Å². The molecule has 6 heteroatoms. The van der Waals surface area contributed by atoms with Crippen molar-refractivity contribution >= 4 is 11.8 Å².